The molecule has 0 spiro atoms. The summed E-state index contributed by atoms with van der Waals surface area (Å²) >= 11 is 4.51. The molecule has 1 fully saturated rings. The summed E-state index contributed by atoms with van der Waals surface area (Å²) in [6, 6.07) is 14.5. The van der Waals surface area contributed by atoms with Crippen molar-refractivity contribution in [3.05, 3.63) is 58.6 Å². The molecule has 1 unspecified atom stereocenters. The van der Waals surface area contributed by atoms with Crippen molar-refractivity contribution < 1.29 is 14.4 Å². The number of rotatable bonds is 7. The van der Waals surface area contributed by atoms with Gasteiger partial charge in [-0.25, -0.2) is 0 Å². The van der Waals surface area contributed by atoms with Gasteiger partial charge in [0.15, 0.2) is 5.17 Å². The summed E-state index contributed by atoms with van der Waals surface area (Å²) in [6.07, 6.45) is 0.0197. The van der Waals surface area contributed by atoms with Crippen LogP contribution in [0.25, 0.3) is 0 Å². The Morgan fingerprint density at radius 2 is 1.85 bits per heavy atom. The quantitative estimate of drug-likeness (QED) is 0.364. The third kappa shape index (κ3) is 7.26. The number of amides is 3. The number of nitrogens with zero attached hydrogens (tertiary/aromatic N) is 2. The summed E-state index contributed by atoms with van der Waals surface area (Å²) in [7, 11) is 0. The maximum Gasteiger partial charge on any atom is 0.240 e. The first-order valence-corrected chi connectivity index (χ1v) is 11.9. The summed E-state index contributed by atoms with van der Waals surface area (Å²) in [6.45, 7) is 5.44. The standard InChI is InChI=1S/C23H24BrN5O3S/c1-13(2)21(31)26-18-6-4-5-15(11-18)14(3)28-29-23-27-22(32)19(33-23)12-20(30)25-17-9-7-16(24)8-10-17/h4-11,13,19H,12H2,1-3H3,(H,25,30)(H,26,31)(H,27,29,32)/b28-14-. The highest BCUT2D eigenvalue weighted by molar-refractivity contribution is 9.10. The minimum Gasteiger partial charge on any atom is -0.326 e. The molecule has 0 radical (unpaired) electrons. The lowest BCUT2D eigenvalue weighted by Crippen LogP contribution is -2.28. The molecule has 1 saturated heterocycles. The number of carbonyl (C=O) groups excluding carboxylic acids is 3. The van der Waals surface area contributed by atoms with E-state index in [9.17, 15) is 14.4 Å². The Balaban J connectivity index is 1.60. The van der Waals surface area contributed by atoms with Gasteiger partial charge >= 0.3 is 0 Å². The number of thioether (sulfide) groups is 1. The monoisotopic (exact) mass is 529 g/mol. The van der Waals surface area contributed by atoms with Gasteiger partial charge in [0.2, 0.25) is 17.7 Å². The third-order valence-electron chi connectivity index (χ3n) is 4.64. The van der Waals surface area contributed by atoms with E-state index in [0.29, 0.717) is 22.3 Å². The van der Waals surface area contributed by atoms with Gasteiger partial charge < -0.3 is 16.0 Å². The van der Waals surface area contributed by atoms with E-state index in [4.69, 9.17) is 0 Å². The summed E-state index contributed by atoms with van der Waals surface area (Å²) in [5.74, 6) is -0.730. The van der Waals surface area contributed by atoms with Gasteiger partial charge in [-0.3, -0.25) is 14.4 Å². The highest BCUT2D eigenvalue weighted by Crippen LogP contribution is 2.24. The first-order valence-electron chi connectivity index (χ1n) is 10.3. The number of carbonyl (C=O) groups is 3. The summed E-state index contributed by atoms with van der Waals surface area (Å²) < 4.78 is 0.912. The number of anilines is 2. The molecule has 1 aliphatic rings. The lowest BCUT2D eigenvalue weighted by Gasteiger charge is -2.09. The molecule has 10 heteroatoms. The normalized spacial score (nSPS) is 17.2. The van der Waals surface area contributed by atoms with Gasteiger partial charge in [0.25, 0.3) is 0 Å². The van der Waals surface area contributed by atoms with E-state index < -0.39 is 5.25 Å². The van der Waals surface area contributed by atoms with Crippen molar-refractivity contribution in [2.45, 2.75) is 32.4 Å². The van der Waals surface area contributed by atoms with Crippen molar-refractivity contribution in [1.82, 2.24) is 5.32 Å². The predicted octanol–water partition coefficient (Wildman–Crippen LogP) is 4.38. The Kier molecular flexibility index (Phi) is 8.40. The van der Waals surface area contributed by atoms with Gasteiger partial charge in [-0.05, 0) is 48.9 Å². The molecule has 3 rings (SSSR count). The number of hydrogen-bond donors (Lipinski definition) is 3. The minimum absolute atomic E-state index is 0.0197. The second-order valence-electron chi connectivity index (χ2n) is 7.67. The molecule has 0 bridgehead atoms. The van der Waals surface area contributed by atoms with Crippen LogP contribution in [0.2, 0.25) is 0 Å². The van der Waals surface area contributed by atoms with Crippen LogP contribution >= 0.6 is 27.7 Å². The van der Waals surface area contributed by atoms with Crippen LogP contribution in [-0.4, -0.2) is 33.9 Å². The van der Waals surface area contributed by atoms with E-state index in [2.05, 4.69) is 42.1 Å². The first kappa shape index (κ1) is 24.7. The zero-order valence-corrected chi connectivity index (χ0v) is 20.8. The number of halogens is 1. The predicted molar refractivity (Wildman–Crippen MR) is 136 cm³/mol. The van der Waals surface area contributed by atoms with Crippen molar-refractivity contribution >= 4 is 67.7 Å². The number of amidine groups is 1. The molecule has 172 valence electrons. The SMILES string of the molecule is C/C(=N/N=C1\NC(=O)C(CC(=O)Nc2ccc(Br)cc2)S1)c1cccc(NC(=O)C(C)C)c1. The third-order valence-corrected chi connectivity index (χ3v) is 6.24. The maximum atomic E-state index is 12.3. The molecule has 8 nitrogen and oxygen atoms in total. The molecule has 0 aliphatic carbocycles. The fourth-order valence-electron chi connectivity index (χ4n) is 2.79. The van der Waals surface area contributed by atoms with Crippen LogP contribution in [-0.2, 0) is 14.4 Å². The van der Waals surface area contributed by atoms with Crippen molar-refractivity contribution in [3.8, 4) is 0 Å². The van der Waals surface area contributed by atoms with E-state index in [1.807, 2.05) is 44.2 Å². The molecule has 3 amide bonds. The smallest absolute Gasteiger partial charge is 0.240 e. The largest absolute Gasteiger partial charge is 0.326 e. The summed E-state index contributed by atoms with van der Waals surface area (Å²) in [5, 5.41) is 16.4. The van der Waals surface area contributed by atoms with E-state index in [1.54, 1.807) is 25.1 Å². The maximum absolute atomic E-state index is 12.3. The Morgan fingerprint density at radius 3 is 2.55 bits per heavy atom. The van der Waals surface area contributed by atoms with Gasteiger partial charge in [-0.1, -0.05) is 53.7 Å². The van der Waals surface area contributed by atoms with Gasteiger partial charge in [-0.15, -0.1) is 5.10 Å². The molecule has 1 atom stereocenters. The minimum atomic E-state index is -0.579. The van der Waals surface area contributed by atoms with E-state index in [-0.39, 0.29) is 30.1 Å². The lowest BCUT2D eigenvalue weighted by atomic mass is 10.1. The van der Waals surface area contributed by atoms with Gasteiger partial charge in [0.1, 0.15) is 5.25 Å². The van der Waals surface area contributed by atoms with Gasteiger partial charge in [-0.2, -0.15) is 5.10 Å². The molecular formula is C23H24BrN5O3S. The van der Waals surface area contributed by atoms with Crippen LogP contribution in [0.1, 0.15) is 32.8 Å². The molecule has 33 heavy (non-hydrogen) atoms. The fourth-order valence-corrected chi connectivity index (χ4v) is 3.97. The molecule has 1 aliphatic heterocycles. The van der Waals surface area contributed by atoms with Crippen molar-refractivity contribution in [1.29, 1.82) is 0 Å². The Labute approximate surface area is 204 Å². The lowest BCUT2D eigenvalue weighted by molar-refractivity contribution is -0.122. The Morgan fingerprint density at radius 1 is 1.12 bits per heavy atom. The van der Waals surface area contributed by atoms with E-state index in [0.717, 1.165) is 10.0 Å². The van der Waals surface area contributed by atoms with Crippen LogP contribution in [0, 0.1) is 5.92 Å². The molecule has 0 saturated carbocycles. The average Bonchev–Trinajstić information content (AvgIpc) is 3.12. The second kappa shape index (κ2) is 11.2. The van der Waals surface area contributed by atoms with E-state index >= 15 is 0 Å². The Bertz CT molecular complexity index is 1120. The van der Waals surface area contributed by atoms with Gasteiger partial charge in [0, 0.05) is 28.2 Å². The van der Waals surface area contributed by atoms with Crippen molar-refractivity contribution in [2.24, 2.45) is 16.1 Å². The zero-order chi connectivity index (χ0) is 24.0. The average molecular weight is 530 g/mol. The highest BCUT2D eigenvalue weighted by atomic mass is 79.9. The van der Waals surface area contributed by atoms with Crippen LogP contribution in [0.4, 0.5) is 11.4 Å². The van der Waals surface area contributed by atoms with Crippen molar-refractivity contribution in [3.63, 3.8) is 0 Å². The van der Waals surface area contributed by atoms with Crippen molar-refractivity contribution in [2.75, 3.05) is 10.6 Å². The number of benzene rings is 2. The second-order valence-corrected chi connectivity index (χ2v) is 9.78. The molecule has 1 heterocycles. The molecule has 0 aromatic heterocycles. The van der Waals surface area contributed by atoms with Crippen LogP contribution in [0.3, 0.4) is 0 Å². The molecular weight excluding hydrogens is 506 g/mol. The summed E-state index contributed by atoms with van der Waals surface area (Å²) in [4.78, 5) is 36.5. The zero-order valence-electron chi connectivity index (χ0n) is 18.4. The topological polar surface area (TPSA) is 112 Å². The van der Waals surface area contributed by atoms with Gasteiger partial charge in [0.05, 0.1) is 5.71 Å². The first-order chi connectivity index (χ1) is 15.7. The number of hydrogen-bond acceptors (Lipinski definition) is 6. The van der Waals surface area contributed by atoms with Crippen LogP contribution < -0.4 is 16.0 Å². The number of nitrogens with one attached hydrogen (secondary N) is 3. The highest BCUT2D eigenvalue weighted by Gasteiger charge is 2.32. The molecule has 2 aromatic rings. The van der Waals surface area contributed by atoms with E-state index in [1.165, 1.54) is 11.8 Å². The molecule has 3 N–H and O–H groups in total. The van der Waals surface area contributed by atoms with Crippen LogP contribution in [0.5, 0.6) is 0 Å². The fraction of sp³-hybridized carbons (Fsp3) is 0.261. The molecule has 2 aromatic carbocycles. The van der Waals surface area contributed by atoms with Crippen LogP contribution in [0.15, 0.2) is 63.2 Å². The Hall–Kier alpha value is -2.98. The summed E-state index contributed by atoms with van der Waals surface area (Å²) in [5.41, 5.74) is 2.75.